The molecule has 0 amide bonds. The Labute approximate surface area is 119 Å². The number of hydrogen-bond acceptors (Lipinski definition) is 1. The predicted molar refractivity (Wildman–Crippen MR) is 72.5 cm³/mol. The molecule has 0 aliphatic rings. The van der Waals surface area contributed by atoms with E-state index in [0.29, 0.717) is 16.5 Å². The van der Waals surface area contributed by atoms with Gasteiger partial charge < -0.3 is 4.74 Å². The molecule has 1 nitrogen and oxygen atoms in total. The van der Waals surface area contributed by atoms with E-state index in [2.05, 4.69) is 0 Å². The molecule has 0 bridgehead atoms. The fourth-order valence-electron chi connectivity index (χ4n) is 1.45. The van der Waals surface area contributed by atoms with Gasteiger partial charge in [0.2, 0.25) is 0 Å². The summed E-state index contributed by atoms with van der Waals surface area (Å²) in [5.74, 6) is 0.288. The summed E-state index contributed by atoms with van der Waals surface area (Å²) in [6.07, 6.45) is 0. The van der Waals surface area contributed by atoms with Gasteiger partial charge in [0, 0.05) is 5.56 Å². The number of alkyl halides is 1. The maximum absolute atomic E-state index is 13.5. The minimum Gasteiger partial charge on any atom is -0.455 e. The Hall–Kier alpha value is -0.960. The van der Waals surface area contributed by atoms with Crippen molar-refractivity contribution in [2.24, 2.45) is 0 Å². The average molecular weight is 306 g/mol. The second-order valence-corrected chi connectivity index (χ2v) is 4.56. The number of benzene rings is 2. The van der Waals surface area contributed by atoms with Gasteiger partial charge in [0.15, 0.2) is 0 Å². The lowest BCUT2D eigenvalue weighted by Gasteiger charge is -2.11. The maximum atomic E-state index is 13.5. The van der Waals surface area contributed by atoms with Crippen molar-refractivity contribution in [1.29, 1.82) is 0 Å². The fraction of sp³-hybridized carbons (Fsp3) is 0.0769. The normalized spacial score (nSPS) is 10.4. The van der Waals surface area contributed by atoms with E-state index < -0.39 is 5.82 Å². The highest BCUT2D eigenvalue weighted by atomic mass is 35.5. The summed E-state index contributed by atoms with van der Waals surface area (Å²) in [7, 11) is 0. The molecule has 94 valence electrons. The molecular weight excluding hydrogens is 297 g/mol. The van der Waals surface area contributed by atoms with Gasteiger partial charge in [0.1, 0.15) is 22.3 Å². The molecule has 0 N–H and O–H groups in total. The minimum atomic E-state index is -0.416. The standard InChI is InChI=1S/C13H8Cl3FO/c14-7-8-10(17)4-2-5-11(8)18-12-6-1-3-9(15)13(12)16/h1-6H,7H2. The van der Waals surface area contributed by atoms with Crippen molar-refractivity contribution in [2.75, 3.05) is 0 Å². The monoisotopic (exact) mass is 304 g/mol. The van der Waals surface area contributed by atoms with E-state index in [-0.39, 0.29) is 16.5 Å². The topological polar surface area (TPSA) is 9.23 Å². The molecule has 0 saturated carbocycles. The molecule has 2 aromatic rings. The van der Waals surface area contributed by atoms with Crippen molar-refractivity contribution in [3.63, 3.8) is 0 Å². The molecule has 0 aliphatic heterocycles. The summed E-state index contributed by atoms with van der Waals surface area (Å²) >= 11 is 17.6. The third-order valence-electron chi connectivity index (χ3n) is 2.35. The third kappa shape index (κ3) is 2.72. The fourth-order valence-corrected chi connectivity index (χ4v) is 2.04. The number of ether oxygens (including phenoxy) is 1. The molecule has 0 aromatic heterocycles. The Balaban J connectivity index is 2.40. The Kier molecular flexibility index (Phi) is 4.33. The zero-order valence-electron chi connectivity index (χ0n) is 9.09. The van der Waals surface area contributed by atoms with Crippen LogP contribution in [0.15, 0.2) is 36.4 Å². The van der Waals surface area contributed by atoms with Crippen molar-refractivity contribution in [1.82, 2.24) is 0 Å². The molecular formula is C13H8Cl3FO. The van der Waals surface area contributed by atoms with Gasteiger partial charge >= 0.3 is 0 Å². The van der Waals surface area contributed by atoms with E-state index in [1.54, 1.807) is 30.3 Å². The zero-order chi connectivity index (χ0) is 13.1. The highest BCUT2D eigenvalue weighted by Gasteiger charge is 2.12. The number of rotatable bonds is 3. The molecule has 0 fully saturated rings. The Morgan fingerprint density at radius 2 is 1.67 bits per heavy atom. The first-order valence-electron chi connectivity index (χ1n) is 5.08. The van der Waals surface area contributed by atoms with Crippen LogP contribution in [0, 0.1) is 5.82 Å². The van der Waals surface area contributed by atoms with Gasteiger partial charge in [-0.2, -0.15) is 0 Å². The molecule has 0 heterocycles. The number of hydrogen-bond donors (Lipinski definition) is 0. The van der Waals surface area contributed by atoms with Crippen molar-refractivity contribution in [3.05, 3.63) is 57.8 Å². The Morgan fingerprint density at radius 3 is 2.39 bits per heavy atom. The average Bonchev–Trinajstić information content (AvgIpc) is 2.35. The summed E-state index contributed by atoms with van der Waals surface area (Å²) < 4.78 is 19.1. The first kappa shape index (κ1) is 13.5. The second-order valence-electron chi connectivity index (χ2n) is 3.50. The summed E-state index contributed by atoms with van der Waals surface area (Å²) in [5.41, 5.74) is 0.287. The molecule has 18 heavy (non-hydrogen) atoms. The first-order chi connectivity index (χ1) is 8.63. The van der Waals surface area contributed by atoms with Crippen LogP contribution >= 0.6 is 34.8 Å². The lowest BCUT2D eigenvalue weighted by Crippen LogP contribution is -1.93. The maximum Gasteiger partial charge on any atom is 0.147 e. The van der Waals surface area contributed by atoms with E-state index in [1.165, 1.54) is 6.07 Å². The van der Waals surface area contributed by atoms with E-state index in [1.807, 2.05) is 0 Å². The Morgan fingerprint density at radius 1 is 1.00 bits per heavy atom. The van der Waals surface area contributed by atoms with Crippen molar-refractivity contribution in [3.8, 4) is 11.5 Å². The highest BCUT2D eigenvalue weighted by Crippen LogP contribution is 2.36. The van der Waals surface area contributed by atoms with Gasteiger partial charge in [-0.1, -0.05) is 35.3 Å². The van der Waals surface area contributed by atoms with Crippen LogP contribution in [0.4, 0.5) is 4.39 Å². The van der Waals surface area contributed by atoms with Crippen LogP contribution in [0.1, 0.15) is 5.56 Å². The Bertz CT molecular complexity index is 572. The van der Waals surface area contributed by atoms with Crippen LogP contribution < -0.4 is 4.74 Å². The number of halogens is 4. The predicted octanol–water partition coefficient (Wildman–Crippen LogP) is 5.66. The van der Waals surface area contributed by atoms with E-state index >= 15 is 0 Å². The van der Waals surface area contributed by atoms with Crippen LogP contribution in [-0.4, -0.2) is 0 Å². The molecule has 5 heteroatoms. The first-order valence-corrected chi connectivity index (χ1v) is 6.37. The van der Waals surface area contributed by atoms with Gasteiger partial charge in [-0.25, -0.2) is 4.39 Å². The highest BCUT2D eigenvalue weighted by molar-refractivity contribution is 6.42. The van der Waals surface area contributed by atoms with Gasteiger partial charge in [-0.3, -0.25) is 0 Å². The largest absolute Gasteiger partial charge is 0.455 e. The third-order valence-corrected chi connectivity index (χ3v) is 3.41. The zero-order valence-corrected chi connectivity index (χ0v) is 11.4. The summed E-state index contributed by atoms with van der Waals surface area (Å²) in [6.45, 7) is 0. The van der Waals surface area contributed by atoms with E-state index in [4.69, 9.17) is 39.5 Å². The van der Waals surface area contributed by atoms with Crippen molar-refractivity contribution < 1.29 is 9.13 Å². The van der Waals surface area contributed by atoms with Crippen LogP contribution in [0.3, 0.4) is 0 Å². The van der Waals surface area contributed by atoms with Crippen molar-refractivity contribution in [2.45, 2.75) is 5.88 Å². The molecule has 0 aliphatic carbocycles. The second kappa shape index (κ2) is 5.79. The summed E-state index contributed by atoms with van der Waals surface area (Å²) in [4.78, 5) is 0. The van der Waals surface area contributed by atoms with Crippen LogP contribution in [0.5, 0.6) is 11.5 Å². The van der Waals surface area contributed by atoms with Gasteiger partial charge in [-0.05, 0) is 24.3 Å². The molecule has 0 atom stereocenters. The van der Waals surface area contributed by atoms with Gasteiger partial charge in [0.05, 0.1) is 10.9 Å². The summed E-state index contributed by atoms with van der Waals surface area (Å²) in [5, 5.41) is 0.655. The van der Waals surface area contributed by atoms with Crippen LogP contribution in [0.2, 0.25) is 10.0 Å². The molecule has 0 saturated heterocycles. The quantitative estimate of drug-likeness (QED) is 0.664. The van der Waals surface area contributed by atoms with Gasteiger partial charge in [0.25, 0.3) is 0 Å². The van der Waals surface area contributed by atoms with Crippen LogP contribution in [0.25, 0.3) is 0 Å². The molecule has 2 rings (SSSR count). The minimum absolute atomic E-state index is 0.0141. The van der Waals surface area contributed by atoms with E-state index in [0.717, 1.165) is 0 Å². The van der Waals surface area contributed by atoms with E-state index in [9.17, 15) is 4.39 Å². The lowest BCUT2D eigenvalue weighted by molar-refractivity contribution is 0.470. The molecule has 2 aromatic carbocycles. The van der Waals surface area contributed by atoms with Gasteiger partial charge in [-0.15, -0.1) is 11.6 Å². The molecule has 0 unspecified atom stereocenters. The van der Waals surface area contributed by atoms with Crippen LogP contribution in [-0.2, 0) is 5.88 Å². The molecule has 0 spiro atoms. The SMILES string of the molecule is Fc1cccc(Oc2cccc(Cl)c2Cl)c1CCl. The smallest absolute Gasteiger partial charge is 0.147 e. The van der Waals surface area contributed by atoms with Crippen molar-refractivity contribution >= 4 is 34.8 Å². The lowest BCUT2D eigenvalue weighted by atomic mass is 10.2. The molecule has 0 radical (unpaired) electrons. The summed E-state index contributed by atoms with van der Waals surface area (Å²) in [6, 6.07) is 9.48.